The Morgan fingerprint density at radius 1 is 1.50 bits per heavy atom. The number of nitrogens with two attached hydrogens (primary N) is 1. The van der Waals surface area contributed by atoms with Gasteiger partial charge in [0, 0.05) is 10.0 Å². The molecule has 0 aliphatic heterocycles. The van der Waals surface area contributed by atoms with Gasteiger partial charge in [-0.25, -0.2) is 0 Å². The van der Waals surface area contributed by atoms with Crippen molar-refractivity contribution in [3.63, 3.8) is 0 Å². The predicted molar refractivity (Wildman–Crippen MR) is 53.3 cm³/mol. The van der Waals surface area contributed by atoms with Gasteiger partial charge in [0.25, 0.3) is 0 Å². The lowest BCUT2D eigenvalue weighted by molar-refractivity contribution is 0.467. The Bertz CT molecular complexity index is 286. The Balaban J connectivity index is 3.14. The van der Waals surface area contributed by atoms with Gasteiger partial charge in [-0.1, -0.05) is 22.0 Å². The van der Waals surface area contributed by atoms with E-state index in [1.165, 1.54) is 0 Å². The summed E-state index contributed by atoms with van der Waals surface area (Å²) in [6.07, 6.45) is 0.702. The SMILES string of the molecule is Cc1ccc(O)c(CCN)c1Br. The maximum absolute atomic E-state index is 9.46. The lowest BCUT2D eigenvalue weighted by Gasteiger charge is -2.07. The zero-order valence-corrected chi connectivity index (χ0v) is 8.56. The van der Waals surface area contributed by atoms with Crippen molar-refractivity contribution in [2.75, 3.05) is 6.54 Å². The van der Waals surface area contributed by atoms with Crippen molar-refractivity contribution in [3.8, 4) is 5.75 Å². The molecule has 0 amide bonds. The number of hydrogen-bond donors (Lipinski definition) is 2. The third kappa shape index (κ3) is 1.79. The normalized spacial score (nSPS) is 10.2. The van der Waals surface area contributed by atoms with Gasteiger partial charge < -0.3 is 10.8 Å². The maximum Gasteiger partial charge on any atom is 0.119 e. The number of aryl methyl sites for hydroxylation is 1. The van der Waals surface area contributed by atoms with Crippen LogP contribution in [0.4, 0.5) is 0 Å². The first-order chi connectivity index (χ1) is 5.66. The van der Waals surface area contributed by atoms with E-state index in [0.29, 0.717) is 18.7 Å². The molecule has 0 bridgehead atoms. The highest BCUT2D eigenvalue weighted by molar-refractivity contribution is 9.10. The molecule has 0 unspecified atom stereocenters. The first-order valence-corrected chi connectivity index (χ1v) is 4.63. The van der Waals surface area contributed by atoms with Gasteiger partial charge in [0.05, 0.1) is 0 Å². The van der Waals surface area contributed by atoms with Crippen LogP contribution in [0.15, 0.2) is 16.6 Å². The Hall–Kier alpha value is -0.540. The Labute approximate surface area is 80.5 Å². The van der Waals surface area contributed by atoms with Gasteiger partial charge in [0.15, 0.2) is 0 Å². The fourth-order valence-electron chi connectivity index (χ4n) is 1.11. The van der Waals surface area contributed by atoms with Gasteiger partial charge in [0.1, 0.15) is 5.75 Å². The number of phenols is 1. The first-order valence-electron chi connectivity index (χ1n) is 3.84. The van der Waals surface area contributed by atoms with Crippen LogP contribution in [0.2, 0.25) is 0 Å². The fraction of sp³-hybridized carbons (Fsp3) is 0.333. The van der Waals surface area contributed by atoms with E-state index in [1.54, 1.807) is 6.07 Å². The Kier molecular flexibility index (Phi) is 3.12. The maximum atomic E-state index is 9.46. The van der Waals surface area contributed by atoms with E-state index in [2.05, 4.69) is 15.9 Å². The number of hydrogen-bond acceptors (Lipinski definition) is 2. The number of aromatic hydroxyl groups is 1. The number of phenolic OH excluding ortho intramolecular Hbond substituents is 1. The second-order valence-corrected chi connectivity index (χ2v) is 3.53. The van der Waals surface area contributed by atoms with E-state index in [9.17, 15) is 5.11 Å². The topological polar surface area (TPSA) is 46.2 Å². The molecule has 0 atom stereocenters. The third-order valence-corrected chi connectivity index (χ3v) is 2.91. The summed E-state index contributed by atoms with van der Waals surface area (Å²) in [5.41, 5.74) is 7.44. The van der Waals surface area contributed by atoms with Crippen LogP contribution in [0.25, 0.3) is 0 Å². The quantitative estimate of drug-likeness (QED) is 0.815. The Morgan fingerprint density at radius 3 is 2.75 bits per heavy atom. The molecular formula is C9H12BrNO. The highest BCUT2D eigenvalue weighted by atomic mass is 79.9. The monoisotopic (exact) mass is 229 g/mol. The van der Waals surface area contributed by atoms with Crippen LogP contribution in [0, 0.1) is 6.92 Å². The van der Waals surface area contributed by atoms with Crippen LogP contribution in [0.5, 0.6) is 5.75 Å². The van der Waals surface area contributed by atoms with Crippen LogP contribution in [-0.2, 0) is 6.42 Å². The highest BCUT2D eigenvalue weighted by Crippen LogP contribution is 2.28. The van der Waals surface area contributed by atoms with Crippen LogP contribution in [-0.4, -0.2) is 11.7 Å². The van der Waals surface area contributed by atoms with E-state index in [-0.39, 0.29) is 0 Å². The van der Waals surface area contributed by atoms with E-state index < -0.39 is 0 Å². The summed E-state index contributed by atoms with van der Waals surface area (Å²) in [5, 5.41) is 9.46. The predicted octanol–water partition coefficient (Wildman–Crippen LogP) is 1.96. The van der Waals surface area contributed by atoms with E-state index >= 15 is 0 Å². The average molecular weight is 230 g/mol. The zero-order chi connectivity index (χ0) is 9.14. The molecule has 3 heteroatoms. The minimum atomic E-state index is 0.318. The number of rotatable bonds is 2. The van der Waals surface area contributed by atoms with Crippen molar-refractivity contribution in [1.82, 2.24) is 0 Å². The highest BCUT2D eigenvalue weighted by Gasteiger charge is 2.06. The molecule has 0 fully saturated rings. The first kappa shape index (κ1) is 9.55. The van der Waals surface area contributed by atoms with Gasteiger partial charge >= 0.3 is 0 Å². The lowest BCUT2D eigenvalue weighted by atomic mass is 10.1. The van der Waals surface area contributed by atoms with Crippen molar-refractivity contribution in [2.45, 2.75) is 13.3 Å². The number of halogens is 1. The van der Waals surface area contributed by atoms with Crippen molar-refractivity contribution in [2.24, 2.45) is 5.73 Å². The van der Waals surface area contributed by atoms with Crippen molar-refractivity contribution in [3.05, 3.63) is 27.7 Å². The molecule has 0 aromatic heterocycles. The molecule has 1 aromatic carbocycles. The van der Waals surface area contributed by atoms with Crippen molar-refractivity contribution >= 4 is 15.9 Å². The summed E-state index contributed by atoms with van der Waals surface area (Å²) in [6.45, 7) is 2.54. The summed E-state index contributed by atoms with van der Waals surface area (Å²) >= 11 is 3.42. The second kappa shape index (κ2) is 3.92. The molecule has 0 saturated carbocycles. The molecule has 0 aliphatic carbocycles. The molecule has 1 aromatic rings. The Morgan fingerprint density at radius 2 is 2.17 bits per heavy atom. The molecule has 3 N–H and O–H groups in total. The molecule has 0 aliphatic rings. The molecule has 1 rings (SSSR count). The molecule has 0 radical (unpaired) electrons. The summed E-state index contributed by atoms with van der Waals surface area (Å²) in [6, 6.07) is 3.57. The minimum absolute atomic E-state index is 0.318. The number of benzene rings is 1. The summed E-state index contributed by atoms with van der Waals surface area (Å²) in [7, 11) is 0. The summed E-state index contributed by atoms with van der Waals surface area (Å²) < 4.78 is 0.966. The zero-order valence-electron chi connectivity index (χ0n) is 6.97. The molecule has 12 heavy (non-hydrogen) atoms. The van der Waals surface area contributed by atoms with Crippen LogP contribution in [0.1, 0.15) is 11.1 Å². The van der Waals surface area contributed by atoms with Crippen molar-refractivity contribution in [1.29, 1.82) is 0 Å². The lowest BCUT2D eigenvalue weighted by Crippen LogP contribution is -2.04. The van der Waals surface area contributed by atoms with Gasteiger partial charge in [-0.3, -0.25) is 0 Å². The van der Waals surface area contributed by atoms with Gasteiger partial charge in [0.2, 0.25) is 0 Å². The van der Waals surface area contributed by atoms with Gasteiger partial charge in [-0.2, -0.15) is 0 Å². The smallest absolute Gasteiger partial charge is 0.119 e. The summed E-state index contributed by atoms with van der Waals surface area (Å²) in [5.74, 6) is 0.318. The molecule has 0 saturated heterocycles. The molecular weight excluding hydrogens is 218 g/mol. The average Bonchev–Trinajstić information content (AvgIpc) is 2.06. The van der Waals surface area contributed by atoms with E-state index in [1.807, 2.05) is 13.0 Å². The fourth-order valence-corrected chi connectivity index (χ4v) is 1.64. The van der Waals surface area contributed by atoms with Crippen molar-refractivity contribution < 1.29 is 5.11 Å². The van der Waals surface area contributed by atoms with Crippen LogP contribution >= 0.6 is 15.9 Å². The minimum Gasteiger partial charge on any atom is -0.508 e. The standard InChI is InChI=1S/C9H12BrNO/c1-6-2-3-8(12)7(4-5-11)9(6)10/h2-3,12H,4-5,11H2,1H3. The van der Waals surface area contributed by atoms with Gasteiger partial charge in [-0.05, 0) is 31.5 Å². The van der Waals surface area contributed by atoms with E-state index in [4.69, 9.17) is 5.73 Å². The third-order valence-electron chi connectivity index (χ3n) is 1.81. The summed E-state index contributed by atoms with van der Waals surface area (Å²) in [4.78, 5) is 0. The molecule has 0 spiro atoms. The molecule has 66 valence electrons. The van der Waals surface area contributed by atoms with Gasteiger partial charge in [-0.15, -0.1) is 0 Å². The molecule has 2 nitrogen and oxygen atoms in total. The van der Waals surface area contributed by atoms with Crippen LogP contribution < -0.4 is 5.73 Å². The second-order valence-electron chi connectivity index (χ2n) is 2.73. The largest absolute Gasteiger partial charge is 0.508 e. The molecule has 0 heterocycles. The van der Waals surface area contributed by atoms with E-state index in [0.717, 1.165) is 15.6 Å². The van der Waals surface area contributed by atoms with Crippen LogP contribution in [0.3, 0.4) is 0 Å².